The molecule has 10 heteroatoms. The molecule has 2 aliphatic rings. The van der Waals surface area contributed by atoms with E-state index in [0.717, 1.165) is 11.3 Å². The minimum atomic E-state index is -4.48. The van der Waals surface area contributed by atoms with E-state index in [9.17, 15) is 27.6 Å². The van der Waals surface area contributed by atoms with Crippen LogP contribution in [0.5, 0.6) is 5.75 Å². The molecule has 0 spiro atoms. The molecule has 7 nitrogen and oxygen atoms in total. The summed E-state index contributed by atoms with van der Waals surface area (Å²) in [6.07, 6.45) is -3.73. The van der Waals surface area contributed by atoms with Gasteiger partial charge in [-0.05, 0) is 24.1 Å². The van der Waals surface area contributed by atoms with Gasteiger partial charge in [0.25, 0.3) is 0 Å². The van der Waals surface area contributed by atoms with Crippen molar-refractivity contribution in [3.8, 4) is 5.75 Å². The zero-order chi connectivity index (χ0) is 22.6. The zero-order valence-corrected chi connectivity index (χ0v) is 17.4. The number of ether oxygens (including phenoxy) is 1. The predicted octanol–water partition coefficient (Wildman–Crippen LogP) is 1.71. The summed E-state index contributed by atoms with van der Waals surface area (Å²) >= 11 is 0. The van der Waals surface area contributed by atoms with Gasteiger partial charge < -0.3 is 19.4 Å². The highest BCUT2D eigenvalue weighted by Gasteiger charge is 2.42. The third kappa shape index (κ3) is 6.11. The average Bonchev–Trinajstić information content (AvgIpc) is 3.10. The monoisotopic (exact) mass is 441 g/mol. The number of alkyl halides is 3. The van der Waals surface area contributed by atoms with E-state index in [0.29, 0.717) is 43.9 Å². The lowest BCUT2D eigenvalue weighted by atomic mass is 10.1. The second-order valence-electron chi connectivity index (χ2n) is 7.84. The number of hydrogen-bond acceptors (Lipinski definition) is 4. The SMILES string of the molecule is COc1ccc(CCC(=O)N2CCN(C(=O)C3CC(=O)N(CC(F)(F)F)C3)CC2)cc1. The lowest BCUT2D eigenvalue weighted by Crippen LogP contribution is -2.52. The Morgan fingerprint density at radius 3 is 2.26 bits per heavy atom. The van der Waals surface area contributed by atoms with Gasteiger partial charge in [0.1, 0.15) is 12.3 Å². The van der Waals surface area contributed by atoms with E-state index >= 15 is 0 Å². The maximum atomic E-state index is 12.6. The number of piperazine rings is 1. The van der Waals surface area contributed by atoms with Gasteiger partial charge in [0, 0.05) is 45.6 Å². The quantitative estimate of drug-likeness (QED) is 0.674. The van der Waals surface area contributed by atoms with E-state index in [-0.39, 0.29) is 24.8 Å². The lowest BCUT2D eigenvalue weighted by molar-refractivity contribution is -0.157. The summed E-state index contributed by atoms with van der Waals surface area (Å²) < 4.78 is 42.8. The Morgan fingerprint density at radius 2 is 1.68 bits per heavy atom. The molecule has 0 saturated carbocycles. The first-order valence-electron chi connectivity index (χ1n) is 10.2. The van der Waals surface area contributed by atoms with E-state index in [2.05, 4.69) is 0 Å². The number of carbonyl (C=O) groups excluding carboxylic acids is 3. The molecule has 2 fully saturated rings. The third-order valence-corrected chi connectivity index (χ3v) is 5.66. The molecule has 3 amide bonds. The number of likely N-dealkylation sites (tertiary alicyclic amines) is 1. The smallest absolute Gasteiger partial charge is 0.406 e. The van der Waals surface area contributed by atoms with Crippen LogP contribution in [0.4, 0.5) is 13.2 Å². The molecule has 1 aromatic carbocycles. The summed E-state index contributed by atoms with van der Waals surface area (Å²) in [5.41, 5.74) is 1.03. The van der Waals surface area contributed by atoms with E-state index in [1.807, 2.05) is 24.3 Å². The molecular weight excluding hydrogens is 415 g/mol. The van der Waals surface area contributed by atoms with Crippen molar-refractivity contribution in [1.82, 2.24) is 14.7 Å². The largest absolute Gasteiger partial charge is 0.497 e. The third-order valence-electron chi connectivity index (χ3n) is 5.66. The molecular formula is C21H26F3N3O4. The Balaban J connectivity index is 1.43. The van der Waals surface area contributed by atoms with Crippen LogP contribution in [0.25, 0.3) is 0 Å². The van der Waals surface area contributed by atoms with Gasteiger partial charge in [0.05, 0.1) is 13.0 Å². The van der Waals surface area contributed by atoms with Crippen LogP contribution in [-0.4, -0.2) is 85.0 Å². The highest BCUT2D eigenvalue weighted by molar-refractivity contribution is 5.89. The van der Waals surface area contributed by atoms with E-state index in [1.165, 1.54) is 0 Å². The van der Waals surface area contributed by atoms with Gasteiger partial charge in [-0.25, -0.2) is 0 Å². The molecule has 2 heterocycles. The molecule has 0 N–H and O–H groups in total. The van der Waals surface area contributed by atoms with E-state index in [4.69, 9.17) is 4.74 Å². The topological polar surface area (TPSA) is 70.2 Å². The fourth-order valence-electron chi connectivity index (χ4n) is 3.94. The second-order valence-corrected chi connectivity index (χ2v) is 7.84. The minimum absolute atomic E-state index is 0.00434. The number of amides is 3. The molecule has 2 aliphatic heterocycles. The van der Waals surface area contributed by atoms with Crippen LogP contribution in [0.15, 0.2) is 24.3 Å². The first-order chi connectivity index (χ1) is 14.7. The van der Waals surface area contributed by atoms with Crippen molar-refractivity contribution < 1.29 is 32.3 Å². The normalized spacial score (nSPS) is 19.7. The molecule has 1 aromatic rings. The van der Waals surface area contributed by atoms with Crippen LogP contribution in [-0.2, 0) is 20.8 Å². The van der Waals surface area contributed by atoms with Gasteiger partial charge in [-0.15, -0.1) is 0 Å². The molecule has 0 bridgehead atoms. The number of aryl methyl sites for hydroxylation is 1. The summed E-state index contributed by atoms with van der Waals surface area (Å²) in [6, 6.07) is 7.50. The van der Waals surface area contributed by atoms with Crippen molar-refractivity contribution in [2.24, 2.45) is 5.92 Å². The standard InChI is InChI=1S/C21H26F3N3O4/c1-31-17-5-2-15(3-6-17)4-7-18(28)25-8-10-26(11-9-25)20(30)16-12-19(29)27(13-16)14-21(22,23)24/h2-3,5-6,16H,4,7-14H2,1H3. The lowest BCUT2D eigenvalue weighted by Gasteiger charge is -2.36. The van der Waals surface area contributed by atoms with Gasteiger partial charge >= 0.3 is 6.18 Å². The van der Waals surface area contributed by atoms with Crippen molar-refractivity contribution in [2.75, 3.05) is 46.4 Å². The summed E-state index contributed by atoms with van der Waals surface area (Å²) in [4.78, 5) is 40.9. The highest BCUT2D eigenvalue weighted by atomic mass is 19.4. The summed E-state index contributed by atoms with van der Waals surface area (Å²) in [5.74, 6) is -0.977. The minimum Gasteiger partial charge on any atom is -0.497 e. The Hall–Kier alpha value is -2.78. The fourth-order valence-corrected chi connectivity index (χ4v) is 3.94. The number of nitrogens with zero attached hydrogens (tertiary/aromatic N) is 3. The zero-order valence-electron chi connectivity index (χ0n) is 17.4. The van der Waals surface area contributed by atoms with Gasteiger partial charge in [-0.1, -0.05) is 12.1 Å². The molecule has 0 aromatic heterocycles. The average molecular weight is 441 g/mol. The van der Waals surface area contributed by atoms with Crippen LogP contribution in [0, 0.1) is 5.92 Å². The first kappa shape index (κ1) is 22.9. The molecule has 170 valence electrons. The molecule has 1 unspecified atom stereocenters. The second kappa shape index (κ2) is 9.57. The van der Waals surface area contributed by atoms with Gasteiger partial charge in [0.2, 0.25) is 17.7 Å². The highest BCUT2D eigenvalue weighted by Crippen LogP contribution is 2.25. The van der Waals surface area contributed by atoms with Crippen LogP contribution in [0.2, 0.25) is 0 Å². The predicted molar refractivity (Wildman–Crippen MR) is 105 cm³/mol. The van der Waals surface area contributed by atoms with Gasteiger partial charge in [-0.3, -0.25) is 14.4 Å². The first-order valence-corrected chi connectivity index (χ1v) is 10.2. The van der Waals surface area contributed by atoms with Crippen LogP contribution >= 0.6 is 0 Å². The van der Waals surface area contributed by atoms with Crippen molar-refractivity contribution in [3.05, 3.63) is 29.8 Å². The number of carbonyl (C=O) groups is 3. The molecule has 1 atom stereocenters. The van der Waals surface area contributed by atoms with Crippen molar-refractivity contribution in [2.45, 2.75) is 25.4 Å². The molecule has 2 saturated heterocycles. The number of benzene rings is 1. The maximum absolute atomic E-state index is 12.6. The molecule has 0 aliphatic carbocycles. The molecule has 0 radical (unpaired) electrons. The Bertz CT molecular complexity index is 805. The van der Waals surface area contributed by atoms with Crippen LogP contribution < -0.4 is 4.74 Å². The van der Waals surface area contributed by atoms with Crippen LogP contribution in [0.3, 0.4) is 0 Å². The number of rotatable bonds is 6. The number of hydrogen-bond donors (Lipinski definition) is 0. The fraction of sp³-hybridized carbons (Fsp3) is 0.571. The Morgan fingerprint density at radius 1 is 1.06 bits per heavy atom. The number of methoxy groups -OCH3 is 1. The van der Waals surface area contributed by atoms with Crippen molar-refractivity contribution >= 4 is 17.7 Å². The molecule has 31 heavy (non-hydrogen) atoms. The number of halogens is 3. The maximum Gasteiger partial charge on any atom is 0.406 e. The van der Waals surface area contributed by atoms with Gasteiger partial charge in [0.15, 0.2) is 0 Å². The van der Waals surface area contributed by atoms with Crippen molar-refractivity contribution in [1.29, 1.82) is 0 Å². The summed E-state index contributed by atoms with van der Waals surface area (Å²) in [5, 5.41) is 0. The van der Waals surface area contributed by atoms with E-state index < -0.39 is 24.5 Å². The Labute approximate surface area is 178 Å². The Kier molecular flexibility index (Phi) is 7.07. The van der Waals surface area contributed by atoms with E-state index in [1.54, 1.807) is 16.9 Å². The van der Waals surface area contributed by atoms with Crippen LogP contribution in [0.1, 0.15) is 18.4 Å². The molecule has 3 rings (SSSR count). The van der Waals surface area contributed by atoms with Crippen molar-refractivity contribution in [3.63, 3.8) is 0 Å². The summed E-state index contributed by atoms with van der Waals surface area (Å²) in [7, 11) is 1.59. The summed E-state index contributed by atoms with van der Waals surface area (Å²) in [6.45, 7) is -0.154. The van der Waals surface area contributed by atoms with Gasteiger partial charge in [-0.2, -0.15) is 13.2 Å².